The van der Waals surface area contributed by atoms with E-state index in [0.717, 1.165) is 24.2 Å². The Kier molecular flexibility index (Phi) is 43.6. The minimum Gasteiger partial charge on any atom is -0.462 e. The first-order chi connectivity index (χ1) is 56.1. The van der Waals surface area contributed by atoms with Gasteiger partial charge >= 0.3 is 24.0 Å². The molecule has 1 N–H and O–H groups in total. The predicted octanol–water partition coefficient (Wildman–Crippen LogP) is 20.8. The minimum atomic E-state index is -2.78. The lowest BCUT2D eigenvalue weighted by Crippen LogP contribution is -2.68. The van der Waals surface area contributed by atoms with Gasteiger partial charge in [0.25, 0.3) is 5.69 Å². The van der Waals surface area contributed by atoms with E-state index in [1.807, 2.05) is 92.8 Å². The van der Waals surface area contributed by atoms with Crippen LogP contribution in [-0.4, -0.2) is 191 Å². The van der Waals surface area contributed by atoms with Gasteiger partial charge in [0, 0.05) is 51.3 Å². The number of benzene rings is 1. The molecule has 25 atom stereocenters. The van der Waals surface area contributed by atoms with Gasteiger partial charge in [-0.1, -0.05) is 214 Å². The summed E-state index contributed by atoms with van der Waals surface area (Å²) in [5.41, 5.74) is 0.166. The fourth-order valence-electron chi connectivity index (χ4n) is 16.9. The van der Waals surface area contributed by atoms with E-state index in [0.29, 0.717) is 37.8 Å². The van der Waals surface area contributed by atoms with Crippen molar-refractivity contribution in [3.63, 3.8) is 0 Å². The van der Waals surface area contributed by atoms with Gasteiger partial charge in [0.1, 0.15) is 31.3 Å². The lowest BCUT2D eigenvalue weighted by Gasteiger charge is -2.52. The zero-order valence-electron chi connectivity index (χ0n) is 74.1. The molecule has 5 heterocycles. The monoisotopic (exact) mass is 1770 g/mol. The maximum absolute atomic E-state index is 15.6. The number of carbonyl (C=O) groups excluding carboxylic acids is 4. The molecule has 1 amide bonds. The molecule has 0 spiro atoms. The van der Waals surface area contributed by atoms with Crippen LogP contribution in [0.1, 0.15) is 179 Å². The number of rotatable bonds is 29. The molecule has 118 heavy (non-hydrogen) atoms. The second kappa shape index (κ2) is 50.1. The SMILES string of the molecule is C=CCOC(=O)N[C@@H]1[C@H](OC(=O)c2ccc([N+](=O)[O-])cc2)[C@H](O[C@H]2/C=C/C=C/C=C/C=C/C=C/C=C/C=C/[C@H](C)[C@@H](C)[C@@H](C)[C@H](C)OC(=O)C[C@H]3C[C@@H](CC[C@@H](O[Si](CC)(CC)C(C)C)[C@H]4C[C@@H](C[C@]5(OC)C[C@H](O[Si](CC)(CC)C(C)C)[C@@H](C(=O)OCC=C)C(C2)O5)OC(P(C)P)O4)OC(P(C)P)O3)O[C@H](C)[C@H]1O[Si](CC)(CC)C(C)C. The number of ether oxygens (including phenoxy) is 12. The summed E-state index contributed by atoms with van der Waals surface area (Å²) in [6.45, 7) is 48.0. The fourth-order valence-corrected chi connectivity index (χ4v) is 30.0. The number of allylic oxidation sites excluding steroid dienone is 13. The molecular formula is C88H144N2O21P4Si3. The second-order valence-electron chi connectivity index (χ2n) is 33.3. The van der Waals surface area contributed by atoms with Crippen molar-refractivity contribution in [3.8, 4) is 0 Å². The smallest absolute Gasteiger partial charge is 0.407 e. The Balaban J connectivity index is 1.61. The first-order valence-corrected chi connectivity index (χ1v) is 57.0. The van der Waals surface area contributed by atoms with Gasteiger partial charge in [-0.3, -0.25) is 19.7 Å². The third-order valence-electron chi connectivity index (χ3n) is 25.0. The molecule has 5 aliphatic rings. The summed E-state index contributed by atoms with van der Waals surface area (Å²) in [4.78, 5) is 70.4. The zero-order chi connectivity index (χ0) is 87.2. The Labute approximate surface area is 716 Å². The number of amides is 1. The number of carbonyl (C=O) groups is 4. The average molecular weight is 1770 g/mol. The number of hydrogen-bond donors (Lipinski definition) is 1. The first kappa shape index (κ1) is 103. The summed E-state index contributed by atoms with van der Waals surface area (Å²) in [5, 5.41) is 15.0. The van der Waals surface area contributed by atoms with Crippen LogP contribution in [0.2, 0.25) is 52.9 Å². The summed E-state index contributed by atoms with van der Waals surface area (Å²) < 4.78 is 105. The molecule has 664 valence electrons. The van der Waals surface area contributed by atoms with E-state index in [-0.39, 0.29) is 103 Å². The van der Waals surface area contributed by atoms with Crippen molar-refractivity contribution in [2.24, 2.45) is 23.7 Å². The van der Waals surface area contributed by atoms with Crippen molar-refractivity contribution in [1.82, 2.24) is 5.32 Å². The van der Waals surface area contributed by atoms with Crippen molar-refractivity contribution in [3.05, 3.63) is 150 Å². The molecule has 5 aliphatic heterocycles. The Morgan fingerprint density at radius 3 is 1.65 bits per heavy atom. The molecule has 1 aromatic carbocycles. The second-order valence-corrected chi connectivity index (χ2v) is 56.5. The van der Waals surface area contributed by atoms with Gasteiger partial charge in [0.15, 0.2) is 55.2 Å². The molecule has 1 aromatic rings. The largest absolute Gasteiger partial charge is 0.462 e. The molecule has 0 radical (unpaired) electrons. The molecule has 6 rings (SSSR count). The van der Waals surface area contributed by atoms with Crippen molar-refractivity contribution in [2.75, 3.05) is 33.7 Å². The molecule has 0 saturated carbocycles. The van der Waals surface area contributed by atoms with Gasteiger partial charge in [0.2, 0.25) is 0 Å². The number of non-ortho nitro benzene ring substituents is 1. The third-order valence-corrected chi connectivity index (χ3v) is 44.1. The number of cyclic esters (lactones) is 1. The number of esters is 3. The van der Waals surface area contributed by atoms with Gasteiger partial charge in [-0.15, -0.1) is 17.9 Å². The molecule has 0 aliphatic carbocycles. The number of alkyl carbamates (subject to hydrolysis) is 1. The highest BCUT2D eigenvalue weighted by atomic mass is 32.0. The van der Waals surface area contributed by atoms with Crippen LogP contribution < -0.4 is 5.32 Å². The molecule has 0 aromatic heterocycles. The van der Waals surface area contributed by atoms with Crippen molar-refractivity contribution in [1.29, 1.82) is 0 Å². The maximum atomic E-state index is 15.6. The Hall–Kier alpha value is -4.11. The molecule has 30 heteroatoms. The topological polar surface area (TPSA) is 262 Å². The van der Waals surface area contributed by atoms with Gasteiger partial charge in [0.05, 0.1) is 77.9 Å². The number of nitro groups is 1. The fraction of sp³-hybridized carbons (Fsp3) is 0.682. The Bertz CT molecular complexity index is 3520. The number of nitro benzene ring substituents is 1. The van der Waals surface area contributed by atoms with Crippen molar-refractivity contribution in [2.45, 2.75) is 325 Å². The van der Waals surface area contributed by atoms with E-state index in [9.17, 15) is 24.5 Å². The molecule has 4 fully saturated rings. The highest BCUT2D eigenvalue weighted by Gasteiger charge is 2.58. The summed E-state index contributed by atoms with van der Waals surface area (Å²) in [6.07, 6.45) is 20.7. The number of nitrogens with one attached hydrogen (secondary N) is 1. The normalized spacial score (nSPS) is 33.4. The summed E-state index contributed by atoms with van der Waals surface area (Å²) in [5.74, 6) is -4.02. The summed E-state index contributed by atoms with van der Waals surface area (Å²) in [6, 6.07) is 7.19. The molecule has 6 bridgehead atoms. The Morgan fingerprint density at radius 2 is 1.13 bits per heavy atom. The van der Waals surface area contributed by atoms with Crippen molar-refractivity contribution < 1.29 is 94.2 Å². The number of hydrogen-bond acceptors (Lipinski definition) is 21. The molecule has 23 nitrogen and oxygen atoms in total. The van der Waals surface area contributed by atoms with Crippen LogP contribution in [0, 0.1) is 33.8 Å². The van der Waals surface area contributed by atoms with E-state index in [2.05, 4.69) is 160 Å². The van der Waals surface area contributed by atoms with Crippen molar-refractivity contribution >= 4 is 87.7 Å². The maximum Gasteiger partial charge on any atom is 0.407 e. The van der Waals surface area contributed by atoms with Gasteiger partial charge in [-0.05, 0) is 138 Å². The quantitative estimate of drug-likeness (QED) is 0.0149. The highest BCUT2D eigenvalue weighted by molar-refractivity contribution is 8.13. The lowest BCUT2D eigenvalue weighted by molar-refractivity contribution is -0.384. The van der Waals surface area contributed by atoms with Gasteiger partial charge in [-0.25, -0.2) is 9.59 Å². The van der Waals surface area contributed by atoms with Gasteiger partial charge < -0.3 is 75.4 Å². The van der Waals surface area contributed by atoms with Crippen LogP contribution in [0.15, 0.2) is 135 Å². The number of nitrogens with zero attached hydrogens (tertiary/aromatic N) is 1. The van der Waals surface area contributed by atoms with E-state index >= 15 is 4.79 Å². The van der Waals surface area contributed by atoms with E-state index < -0.39 is 160 Å². The highest BCUT2D eigenvalue weighted by Crippen LogP contribution is 2.54. The summed E-state index contributed by atoms with van der Waals surface area (Å²) >= 11 is 0. The average Bonchev–Trinajstić information content (AvgIpc) is 0.759. The molecular weight excluding hydrogens is 1630 g/mol. The van der Waals surface area contributed by atoms with Crippen LogP contribution in [0.5, 0.6) is 0 Å². The van der Waals surface area contributed by atoms with Crippen LogP contribution in [0.3, 0.4) is 0 Å². The minimum absolute atomic E-state index is 0.0331. The molecule has 7 unspecified atom stereocenters. The van der Waals surface area contributed by atoms with Crippen LogP contribution in [0.4, 0.5) is 10.5 Å². The molecule has 4 saturated heterocycles. The first-order valence-electron chi connectivity index (χ1n) is 42.9. The van der Waals surface area contributed by atoms with E-state index in [1.165, 1.54) is 36.4 Å². The van der Waals surface area contributed by atoms with Crippen LogP contribution in [-0.2, 0) is 79.7 Å². The van der Waals surface area contributed by atoms with Crippen LogP contribution in [0.25, 0.3) is 0 Å². The lowest BCUT2D eigenvalue weighted by atomic mass is 9.82. The van der Waals surface area contributed by atoms with Crippen LogP contribution >= 0.6 is 33.1 Å². The zero-order valence-corrected chi connectivity index (χ0v) is 81.2. The number of fused-ring (bicyclic) bond motifs is 6. The predicted molar refractivity (Wildman–Crippen MR) is 485 cm³/mol. The third kappa shape index (κ3) is 29.2. The number of methoxy groups -OCH3 is 1. The van der Waals surface area contributed by atoms with Gasteiger partial charge in [-0.2, -0.15) is 0 Å². The Morgan fingerprint density at radius 1 is 0.619 bits per heavy atom. The van der Waals surface area contributed by atoms with E-state index in [1.54, 1.807) is 7.11 Å². The van der Waals surface area contributed by atoms with E-state index in [4.69, 9.17) is 70.1 Å². The summed E-state index contributed by atoms with van der Waals surface area (Å²) in [7, 11) is -2.36. The standard InChI is InChI=1S/C88H144N2O21P4Si3/c1-23-51-98-83(93)78-75-54-69(102-84-81(107-82(92)67-45-47-68(48-46-67)90(95)96)79(89-85(94)99-52-24-2)80(66(19)101-84)111-118(29-7,30-8)61(13)14)44-42-40-38-36-34-32-31-33-35-37-39-41-43-62(15)63(16)64(17)65(18)100-77(91)56-71-53-70(103-86(104-71)114(21)112)49-50-73(109-116(25-3,26-4)59(9)10)74-55-72(105-87(106-74)115(22)113)57-88(97-20,108-75)58-76(78)110-117(27-5,28-6)60(11)12/h23-24,31-48,59-66,69-76,78-81,84,86-87H,1-2,25-30,49-58,112-113H2,3-22H3,(H,89,94)/b32-31+,35-33+,36-34+,39-37+,40-38+,43-41+,44-42+/t62-,63+,64+,65-,66+,69-,70+,71+,72-,73+,74+,75?,76-,78-,79-,80+,81-,84-,86?,87?,88+,114?,115?/m0/s1.